The van der Waals surface area contributed by atoms with Crippen LogP contribution in [0.15, 0.2) is 34.1 Å². The standard InChI is InChI=1S/C13H13BrFNOS/c1-17-10-3-2-9(12(15)6-10)7-16-8-11-4-5-13(14)18-11/h2-6,16H,7-8H2,1H3. The van der Waals surface area contributed by atoms with Crippen molar-refractivity contribution < 1.29 is 9.13 Å². The number of thiophene rings is 1. The summed E-state index contributed by atoms with van der Waals surface area (Å²) < 4.78 is 19.7. The maximum atomic E-state index is 13.6. The molecule has 0 unspecified atom stereocenters. The number of benzene rings is 1. The zero-order chi connectivity index (χ0) is 13.0. The van der Waals surface area contributed by atoms with Crippen LogP contribution >= 0.6 is 27.3 Å². The molecule has 0 aliphatic carbocycles. The van der Waals surface area contributed by atoms with Crippen LogP contribution in [-0.4, -0.2) is 7.11 Å². The molecule has 0 fully saturated rings. The number of hydrogen-bond donors (Lipinski definition) is 1. The predicted molar refractivity (Wildman–Crippen MR) is 75.5 cm³/mol. The van der Waals surface area contributed by atoms with E-state index in [4.69, 9.17) is 4.74 Å². The fourth-order valence-electron chi connectivity index (χ4n) is 1.57. The number of hydrogen-bond acceptors (Lipinski definition) is 3. The van der Waals surface area contributed by atoms with Crippen LogP contribution < -0.4 is 10.1 Å². The average Bonchev–Trinajstić information content (AvgIpc) is 2.77. The third kappa shape index (κ3) is 3.54. The molecule has 0 spiro atoms. The van der Waals surface area contributed by atoms with E-state index in [0.717, 1.165) is 10.3 Å². The fraction of sp³-hybridized carbons (Fsp3) is 0.231. The Morgan fingerprint density at radius 2 is 2.11 bits per heavy atom. The van der Waals surface area contributed by atoms with Gasteiger partial charge >= 0.3 is 0 Å². The smallest absolute Gasteiger partial charge is 0.131 e. The van der Waals surface area contributed by atoms with Gasteiger partial charge in [0, 0.05) is 29.6 Å². The lowest BCUT2D eigenvalue weighted by Crippen LogP contribution is -2.12. The Hall–Kier alpha value is -0.910. The van der Waals surface area contributed by atoms with Crippen molar-refractivity contribution in [3.05, 3.63) is 50.4 Å². The van der Waals surface area contributed by atoms with Crippen LogP contribution in [-0.2, 0) is 13.1 Å². The lowest BCUT2D eigenvalue weighted by Gasteiger charge is -2.06. The normalized spacial score (nSPS) is 10.6. The second kappa shape index (κ2) is 6.31. The lowest BCUT2D eigenvalue weighted by atomic mass is 10.2. The van der Waals surface area contributed by atoms with Crippen molar-refractivity contribution in [1.29, 1.82) is 0 Å². The molecule has 0 amide bonds. The van der Waals surface area contributed by atoms with E-state index in [0.29, 0.717) is 17.9 Å². The summed E-state index contributed by atoms with van der Waals surface area (Å²) in [5.41, 5.74) is 0.645. The van der Waals surface area contributed by atoms with E-state index >= 15 is 0 Å². The molecule has 0 saturated heterocycles. The van der Waals surface area contributed by atoms with Gasteiger partial charge in [0.1, 0.15) is 11.6 Å². The Bertz CT molecular complexity index is 529. The van der Waals surface area contributed by atoms with E-state index in [1.54, 1.807) is 23.5 Å². The molecule has 1 N–H and O–H groups in total. The molecule has 0 aliphatic heterocycles. The van der Waals surface area contributed by atoms with Crippen LogP contribution in [0.5, 0.6) is 5.75 Å². The first-order valence-corrected chi connectivity index (χ1v) is 7.07. The van der Waals surface area contributed by atoms with Gasteiger partial charge in [0.15, 0.2) is 0 Å². The van der Waals surface area contributed by atoms with Gasteiger partial charge in [-0.2, -0.15) is 0 Å². The zero-order valence-corrected chi connectivity index (χ0v) is 12.3. The van der Waals surface area contributed by atoms with Gasteiger partial charge in [0.05, 0.1) is 10.9 Å². The van der Waals surface area contributed by atoms with Gasteiger partial charge in [0.25, 0.3) is 0 Å². The minimum absolute atomic E-state index is 0.241. The molecule has 0 saturated carbocycles. The summed E-state index contributed by atoms with van der Waals surface area (Å²) >= 11 is 5.09. The first-order chi connectivity index (χ1) is 8.69. The van der Waals surface area contributed by atoms with Crippen molar-refractivity contribution in [1.82, 2.24) is 5.32 Å². The summed E-state index contributed by atoms with van der Waals surface area (Å²) in [6.45, 7) is 1.24. The minimum atomic E-state index is -0.241. The minimum Gasteiger partial charge on any atom is -0.497 e. The molecule has 0 atom stereocenters. The van der Waals surface area contributed by atoms with Crippen molar-refractivity contribution in [2.45, 2.75) is 13.1 Å². The molecular formula is C13H13BrFNOS. The van der Waals surface area contributed by atoms with Gasteiger partial charge in [-0.25, -0.2) is 4.39 Å². The summed E-state index contributed by atoms with van der Waals surface area (Å²) in [5, 5.41) is 3.22. The molecular weight excluding hydrogens is 317 g/mol. The molecule has 0 aliphatic rings. The maximum absolute atomic E-state index is 13.6. The van der Waals surface area contributed by atoms with E-state index in [9.17, 15) is 4.39 Å². The third-order valence-electron chi connectivity index (χ3n) is 2.50. The third-order valence-corrected chi connectivity index (χ3v) is 4.13. The molecule has 2 aromatic rings. The molecule has 96 valence electrons. The van der Waals surface area contributed by atoms with E-state index in [2.05, 4.69) is 21.2 Å². The van der Waals surface area contributed by atoms with Gasteiger partial charge in [-0.1, -0.05) is 6.07 Å². The van der Waals surface area contributed by atoms with E-state index in [1.807, 2.05) is 12.1 Å². The molecule has 2 rings (SSSR count). The Balaban J connectivity index is 1.90. The molecule has 2 nitrogen and oxygen atoms in total. The predicted octanol–water partition coefficient (Wildman–Crippen LogP) is 3.95. The quantitative estimate of drug-likeness (QED) is 0.896. The molecule has 18 heavy (non-hydrogen) atoms. The molecule has 1 aromatic heterocycles. The first-order valence-electron chi connectivity index (χ1n) is 5.46. The Morgan fingerprint density at radius 3 is 2.72 bits per heavy atom. The van der Waals surface area contributed by atoms with Crippen molar-refractivity contribution in [2.24, 2.45) is 0 Å². The maximum Gasteiger partial charge on any atom is 0.131 e. The lowest BCUT2D eigenvalue weighted by molar-refractivity contribution is 0.410. The first kappa shape index (κ1) is 13.5. The SMILES string of the molecule is COc1ccc(CNCc2ccc(Br)s2)c(F)c1. The Morgan fingerprint density at radius 1 is 1.28 bits per heavy atom. The second-order valence-corrected chi connectivity index (χ2v) is 6.31. The topological polar surface area (TPSA) is 21.3 Å². The largest absolute Gasteiger partial charge is 0.497 e. The van der Waals surface area contributed by atoms with Crippen LogP contribution in [0.25, 0.3) is 0 Å². The fourth-order valence-corrected chi connectivity index (χ4v) is 3.02. The van der Waals surface area contributed by atoms with Crippen LogP contribution in [0.1, 0.15) is 10.4 Å². The summed E-state index contributed by atoms with van der Waals surface area (Å²) in [4.78, 5) is 1.22. The van der Waals surface area contributed by atoms with Gasteiger partial charge in [-0.15, -0.1) is 11.3 Å². The highest BCUT2D eigenvalue weighted by Gasteiger charge is 2.04. The Kier molecular flexibility index (Phi) is 4.74. The van der Waals surface area contributed by atoms with Crippen molar-refractivity contribution in [2.75, 3.05) is 7.11 Å². The molecule has 0 bridgehead atoms. The highest BCUT2D eigenvalue weighted by Crippen LogP contribution is 2.22. The Labute approximate surface area is 118 Å². The van der Waals surface area contributed by atoms with E-state index in [-0.39, 0.29) is 5.82 Å². The monoisotopic (exact) mass is 329 g/mol. The van der Waals surface area contributed by atoms with Crippen LogP contribution in [0.3, 0.4) is 0 Å². The molecule has 1 aromatic carbocycles. The van der Waals surface area contributed by atoms with E-state index in [1.165, 1.54) is 18.1 Å². The van der Waals surface area contributed by atoms with Gasteiger partial charge in [0.2, 0.25) is 0 Å². The molecule has 5 heteroatoms. The summed E-state index contributed by atoms with van der Waals surface area (Å²) in [6.07, 6.45) is 0. The highest BCUT2D eigenvalue weighted by molar-refractivity contribution is 9.11. The van der Waals surface area contributed by atoms with Crippen LogP contribution in [0, 0.1) is 5.82 Å². The van der Waals surface area contributed by atoms with Gasteiger partial charge in [-0.05, 0) is 34.1 Å². The average molecular weight is 330 g/mol. The van der Waals surface area contributed by atoms with Gasteiger partial charge in [-0.3, -0.25) is 0 Å². The van der Waals surface area contributed by atoms with Crippen molar-refractivity contribution >= 4 is 27.3 Å². The van der Waals surface area contributed by atoms with Crippen molar-refractivity contribution in [3.8, 4) is 5.75 Å². The number of rotatable bonds is 5. The number of nitrogens with one attached hydrogen (secondary N) is 1. The second-order valence-electron chi connectivity index (χ2n) is 3.77. The zero-order valence-electron chi connectivity index (χ0n) is 9.87. The number of methoxy groups -OCH3 is 1. The van der Waals surface area contributed by atoms with Crippen LogP contribution in [0.4, 0.5) is 4.39 Å². The highest BCUT2D eigenvalue weighted by atomic mass is 79.9. The number of halogens is 2. The molecule has 1 heterocycles. The van der Waals surface area contributed by atoms with Crippen LogP contribution in [0.2, 0.25) is 0 Å². The summed E-state index contributed by atoms with van der Waals surface area (Å²) in [5.74, 6) is 0.299. The summed E-state index contributed by atoms with van der Waals surface area (Å²) in [6, 6.07) is 8.97. The summed E-state index contributed by atoms with van der Waals surface area (Å²) in [7, 11) is 1.53. The van der Waals surface area contributed by atoms with Crippen molar-refractivity contribution in [3.63, 3.8) is 0 Å². The molecule has 0 radical (unpaired) electrons. The van der Waals surface area contributed by atoms with E-state index < -0.39 is 0 Å². The van der Waals surface area contributed by atoms with Gasteiger partial charge < -0.3 is 10.1 Å². The number of ether oxygens (including phenoxy) is 1.